The lowest BCUT2D eigenvalue weighted by Crippen LogP contribution is -2.48. The summed E-state index contributed by atoms with van der Waals surface area (Å²) < 4.78 is 33.1. The molecule has 0 atom stereocenters. The van der Waals surface area contributed by atoms with Crippen LogP contribution in [0.15, 0.2) is 59.5 Å². The quantitative estimate of drug-likeness (QED) is 0.585. The standard InChI is InChI=1S/C24H33N3O3S/c28-31(29,24-8-3-1-4-9-24)27-19-17-26(18-20-27)22-10-12-23(13-11-22)30-21-7-16-25-14-5-2-6-15-25/h1,3-4,8-13H,2,5-7,14-21H2. The second-order valence-corrected chi connectivity index (χ2v) is 10.2. The molecule has 0 bridgehead atoms. The minimum Gasteiger partial charge on any atom is -0.494 e. The number of ether oxygens (including phenoxy) is 1. The van der Waals surface area contributed by atoms with Gasteiger partial charge < -0.3 is 14.5 Å². The molecule has 2 aliphatic heterocycles. The minimum absolute atomic E-state index is 0.366. The van der Waals surface area contributed by atoms with E-state index in [4.69, 9.17) is 4.74 Å². The van der Waals surface area contributed by atoms with Gasteiger partial charge in [-0.3, -0.25) is 0 Å². The number of hydrogen-bond donors (Lipinski definition) is 0. The van der Waals surface area contributed by atoms with E-state index in [1.54, 1.807) is 28.6 Å². The number of anilines is 1. The Morgan fingerprint density at radius 1 is 0.774 bits per heavy atom. The zero-order chi connectivity index (χ0) is 21.5. The maximum atomic E-state index is 12.8. The highest BCUT2D eigenvalue weighted by molar-refractivity contribution is 7.89. The van der Waals surface area contributed by atoms with Crippen LogP contribution < -0.4 is 9.64 Å². The molecule has 2 fully saturated rings. The van der Waals surface area contributed by atoms with Crippen LogP contribution in [0.1, 0.15) is 25.7 Å². The topological polar surface area (TPSA) is 53.1 Å². The van der Waals surface area contributed by atoms with Crippen molar-refractivity contribution in [2.24, 2.45) is 0 Å². The van der Waals surface area contributed by atoms with E-state index >= 15 is 0 Å². The summed E-state index contributed by atoms with van der Waals surface area (Å²) in [6, 6.07) is 16.9. The third-order valence-corrected chi connectivity index (χ3v) is 8.07. The van der Waals surface area contributed by atoms with Crippen LogP contribution in [0.3, 0.4) is 0 Å². The van der Waals surface area contributed by atoms with Crippen LogP contribution in [0.25, 0.3) is 0 Å². The van der Waals surface area contributed by atoms with Crippen molar-refractivity contribution in [1.82, 2.24) is 9.21 Å². The molecule has 2 aromatic carbocycles. The molecule has 2 aliphatic rings. The van der Waals surface area contributed by atoms with E-state index in [-0.39, 0.29) is 0 Å². The minimum atomic E-state index is -3.41. The predicted molar refractivity (Wildman–Crippen MR) is 124 cm³/mol. The molecule has 7 heteroatoms. The molecule has 0 amide bonds. The van der Waals surface area contributed by atoms with Gasteiger partial charge in [-0.1, -0.05) is 24.6 Å². The van der Waals surface area contributed by atoms with Crippen molar-refractivity contribution >= 4 is 15.7 Å². The maximum absolute atomic E-state index is 12.8. The number of hydrogen-bond acceptors (Lipinski definition) is 5. The van der Waals surface area contributed by atoms with Gasteiger partial charge in [-0.25, -0.2) is 8.42 Å². The number of piperidine rings is 1. The van der Waals surface area contributed by atoms with Crippen molar-refractivity contribution in [1.29, 1.82) is 0 Å². The van der Waals surface area contributed by atoms with Crippen molar-refractivity contribution in [3.05, 3.63) is 54.6 Å². The first-order chi connectivity index (χ1) is 15.1. The molecule has 4 rings (SSSR count). The molecule has 2 heterocycles. The van der Waals surface area contributed by atoms with Gasteiger partial charge in [-0.2, -0.15) is 4.31 Å². The second-order valence-electron chi connectivity index (χ2n) is 8.30. The Morgan fingerprint density at radius 2 is 1.45 bits per heavy atom. The zero-order valence-electron chi connectivity index (χ0n) is 18.2. The van der Waals surface area contributed by atoms with E-state index in [0.717, 1.165) is 31.0 Å². The first-order valence-electron chi connectivity index (χ1n) is 11.4. The lowest BCUT2D eigenvalue weighted by atomic mass is 10.1. The van der Waals surface area contributed by atoms with Gasteiger partial charge in [0.15, 0.2) is 0 Å². The van der Waals surface area contributed by atoms with Gasteiger partial charge in [0.25, 0.3) is 0 Å². The summed E-state index contributed by atoms with van der Waals surface area (Å²) in [6.45, 7) is 6.67. The van der Waals surface area contributed by atoms with Gasteiger partial charge in [0.2, 0.25) is 10.0 Å². The first kappa shape index (κ1) is 22.1. The van der Waals surface area contributed by atoms with Crippen molar-refractivity contribution in [2.45, 2.75) is 30.6 Å². The van der Waals surface area contributed by atoms with E-state index in [1.165, 1.54) is 32.4 Å². The molecular formula is C24H33N3O3S. The summed E-state index contributed by atoms with van der Waals surface area (Å²) in [7, 11) is -3.41. The lowest BCUT2D eigenvalue weighted by molar-refractivity contribution is 0.205. The summed E-state index contributed by atoms with van der Waals surface area (Å²) in [6.07, 6.45) is 5.08. The zero-order valence-corrected chi connectivity index (χ0v) is 19.0. The van der Waals surface area contributed by atoms with Crippen molar-refractivity contribution in [3.8, 4) is 5.75 Å². The molecule has 0 unspecified atom stereocenters. The third kappa shape index (κ3) is 5.79. The smallest absolute Gasteiger partial charge is 0.243 e. The summed E-state index contributed by atoms with van der Waals surface area (Å²) in [5.74, 6) is 0.896. The number of benzene rings is 2. The van der Waals surface area contributed by atoms with Gasteiger partial charge in [-0.15, -0.1) is 0 Å². The summed E-state index contributed by atoms with van der Waals surface area (Å²) in [5.41, 5.74) is 1.11. The van der Waals surface area contributed by atoms with Crippen LogP contribution in [0.5, 0.6) is 5.75 Å². The molecule has 0 saturated carbocycles. The molecule has 0 radical (unpaired) electrons. The molecule has 0 aromatic heterocycles. The molecular weight excluding hydrogens is 410 g/mol. The molecule has 168 valence electrons. The normalized spacial score (nSPS) is 18.8. The number of nitrogens with zero attached hydrogens (tertiary/aromatic N) is 3. The Balaban J connectivity index is 1.23. The average Bonchev–Trinajstić information content (AvgIpc) is 2.83. The van der Waals surface area contributed by atoms with Crippen molar-refractivity contribution < 1.29 is 13.2 Å². The predicted octanol–water partition coefficient (Wildman–Crippen LogP) is 3.45. The van der Waals surface area contributed by atoms with Crippen LogP contribution in [-0.2, 0) is 10.0 Å². The van der Waals surface area contributed by atoms with E-state index in [9.17, 15) is 8.42 Å². The van der Waals surface area contributed by atoms with Crippen LogP contribution in [0.2, 0.25) is 0 Å². The lowest BCUT2D eigenvalue weighted by Gasteiger charge is -2.35. The largest absolute Gasteiger partial charge is 0.494 e. The molecule has 2 saturated heterocycles. The Morgan fingerprint density at radius 3 is 2.13 bits per heavy atom. The van der Waals surface area contributed by atoms with Crippen molar-refractivity contribution in [2.75, 3.05) is 57.3 Å². The van der Waals surface area contributed by atoms with Crippen LogP contribution >= 0.6 is 0 Å². The number of rotatable bonds is 8. The van der Waals surface area contributed by atoms with E-state index in [2.05, 4.69) is 21.9 Å². The number of likely N-dealkylation sites (tertiary alicyclic amines) is 1. The third-order valence-electron chi connectivity index (χ3n) is 6.16. The van der Waals surface area contributed by atoms with Gasteiger partial charge in [0, 0.05) is 38.4 Å². The monoisotopic (exact) mass is 443 g/mol. The molecule has 0 N–H and O–H groups in total. The molecule has 6 nitrogen and oxygen atoms in total. The Hall–Kier alpha value is -2.09. The fraction of sp³-hybridized carbons (Fsp3) is 0.500. The fourth-order valence-corrected chi connectivity index (χ4v) is 5.79. The van der Waals surface area contributed by atoms with Crippen LogP contribution in [-0.4, -0.2) is 70.0 Å². The molecule has 2 aromatic rings. The SMILES string of the molecule is O=S(=O)(c1ccccc1)N1CCN(c2ccc(OCCCN3CCCCC3)cc2)CC1. The average molecular weight is 444 g/mol. The summed E-state index contributed by atoms with van der Waals surface area (Å²) in [5, 5.41) is 0. The van der Waals surface area contributed by atoms with Gasteiger partial charge in [0.1, 0.15) is 5.75 Å². The Bertz CT molecular complexity index is 905. The van der Waals surface area contributed by atoms with E-state index < -0.39 is 10.0 Å². The maximum Gasteiger partial charge on any atom is 0.243 e. The Labute approximate surface area is 186 Å². The molecule has 0 spiro atoms. The van der Waals surface area contributed by atoms with Gasteiger partial charge in [-0.05, 0) is 68.8 Å². The van der Waals surface area contributed by atoms with E-state index in [0.29, 0.717) is 31.1 Å². The van der Waals surface area contributed by atoms with Crippen LogP contribution in [0, 0.1) is 0 Å². The molecule has 31 heavy (non-hydrogen) atoms. The molecule has 0 aliphatic carbocycles. The van der Waals surface area contributed by atoms with E-state index in [1.807, 2.05) is 18.2 Å². The van der Waals surface area contributed by atoms with Crippen LogP contribution in [0.4, 0.5) is 5.69 Å². The summed E-state index contributed by atoms with van der Waals surface area (Å²) >= 11 is 0. The highest BCUT2D eigenvalue weighted by atomic mass is 32.2. The number of piperazine rings is 1. The fourth-order valence-electron chi connectivity index (χ4n) is 4.34. The van der Waals surface area contributed by atoms with Gasteiger partial charge in [0.05, 0.1) is 11.5 Å². The van der Waals surface area contributed by atoms with Crippen molar-refractivity contribution in [3.63, 3.8) is 0 Å². The summed E-state index contributed by atoms with van der Waals surface area (Å²) in [4.78, 5) is 5.13. The second kappa shape index (κ2) is 10.5. The Kier molecular flexibility index (Phi) is 7.48. The first-order valence-corrected chi connectivity index (χ1v) is 12.8. The highest BCUT2D eigenvalue weighted by Crippen LogP contribution is 2.23. The highest BCUT2D eigenvalue weighted by Gasteiger charge is 2.28. The van der Waals surface area contributed by atoms with Gasteiger partial charge >= 0.3 is 0 Å². The number of sulfonamides is 1.